The number of rotatable bonds is 7. The lowest BCUT2D eigenvalue weighted by molar-refractivity contribution is -0.0512. The topological polar surface area (TPSA) is 56.8 Å². The molecule has 0 unspecified atom stereocenters. The van der Waals surface area contributed by atoms with Crippen molar-refractivity contribution in [3.63, 3.8) is 0 Å². The molecule has 0 radical (unpaired) electrons. The fourth-order valence-electron chi connectivity index (χ4n) is 2.07. The molecule has 0 atom stereocenters. The van der Waals surface area contributed by atoms with Gasteiger partial charge in [-0.2, -0.15) is 8.78 Å². The van der Waals surface area contributed by atoms with E-state index in [4.69, 9.17) is 9.47 Å². The van der Waals surface area contributed by atoms with Crippen molar-refractivity contribution in [2.24, 2.45) is 0 Å². The zero-order valence-electron chi connectivity index (χ0n) is 13.2. The molecule has 0 spiro atoms. The van der Waals surface area contributed by atoms with E-state index in [1.54, 1.807) is 19.2 Å². The molecule has 2 aromatic carbocycles. The van der Waals surface area contributed by atoms with Crippen molar-refractivity contribution < 1.29 is 27.8 Å². The Kier molecular flexibility index (Phi) is 5.95. The molecule has 0 saturated carbocycles. The maximum absolute atomic E-state index is 12.3. The van der Waals surface area contributed by atoms with E-state index in [0.29, 0.717) is 12.3 Å². The number of ether oxygens (including phenoxy) is 3. The van der Waals surface area contributed by atoms with Crippen molar-refractivity contribution in [3.05, 3.63) is 53.6 Å². The van der Waals surface area contributed by atoms with Gasteiger partial charge in [-0.1, -0.05) is 12.1 Å². The molecule has 0 aromatic heterocycles. The molecule has 128 valence electrons. The van der Waals surface area contributed by atoms with E-state index >= 15 is 0 Å². The van der Waals surface area contributed by atoms with Crippen LogP contribution in [0.4, 0.5) is 8.78 Å². The summed E-state index contributed by atoms with van der Waals surface area (Å²) in [6.07, 6.45) is 0. The van der Waals surface area contributed by atoms with Gasteiger partial charge in [0.15, 0.2) is 11.5 Å². The summed E-state index contributed by atoms with van der Waals surface area (Å²) in [7, 11) is 2.87. The van der Waals surface area contributed by atoms with E-state index < -0.39 is 6.61 Å². The van der Waals surface area contributed by atoms with Gasteiger partial charge in [0.05, 0.1) is 14.2 Å². The van der Waals surface area contributed by atoms with Crippen LogP contribution in [0.2, 0.25) is 0 Å². The Morgan fingerprint density at radius 3 is 2.54 bits per heavy atom. The first-order chi connectivity index (χ1) is 11.5. The molecule has 0 aliphatic heterocycles. The van der Waals surface area contributed by atoms with Gasteiger partial charge in [0, 0.05) is 12.1 Å². The van der Waals surface area contributed by atoms with Gasteiger partial charge in [-0.15, -0.1) is 0 Å². The maximum Gasteiger partial charge on any atom is 0.387 e. The number of methoxy groups -OCH3 is 2. The molecule has 0 heterocycles. The van der Waals surface area contributed by atoms with Crippen molar-refractivity contribution in [1.82, 2.24) is 5.32 Å². The summed E-state index contributed by atoms with van der Waals surface area (Å²) in [6.45, 7) is -2.67. The molecular formula is C17H17F2NO4. The Bertz CT molecular complexity index is 707. The molecule has 2 aromatic rings. The van der Waals surface area contributed by atoms with Gasteiger partial charge in [-0.25, -0.2) is 0 Å². The van der Waals surface area contributed by atoms with Crippen molar-refractivity contribution in [2.45, 2.75) is 13.2 Å². The van der Waals surface area contributed by atoms with Gasteiger partial charge < -0.3 is 19.5 Å². The Hall–Kier alpha value is -2.83. The highest BCUT2D eigenvalue weighted by Gasteiger charge is 2.14. The molecule has 1 amide bonds. The van der Waals surface area contributed by atoms with E-state index in [1.807, 2.05) is 12.1 Å². The highest BCUT2D eigenvalue weighted by Crippen LogP contribution is 2.29. The minimum atomic E-state index is -2.97. The molecule has 0 fully saturated rings. The summed E-state index contributed by atoms with van der Waals surface area (Å²) in [5, 5.41) is 2.74. The molecule has 5 nitrogen and oxygen atoms in total. The molecule has 0 saturated heterocycles. The van der Waals surface area contributed by atoms with Crippen LogP contribution in [0.15, 0.2) is 42.5 Å². The third-order valence-electron chi connectivity index (χ3n) is 3.23. The molecule has 7 heteroatoms. The molecule has 0 bridgehead atoms. The summed E-state index contributed by atoms with van der Waals surface area (Å²) < 4.78 is 39.0. The van der Waals surface area contributed by atoms with Crippen molar-refractivity contribution in [2.75, 3.05) is 14.2 Å². The molecule has 24 heavy (non-hydrogen) atoms. The highest BCUT2D eigenvalue weighted by atomic mass is 19.3. The van der Waals surface area contributed by atoms with Crippen LogP contribution in [-0.4, -0.2) is 26.7 Å². The number of alkyl halides is 2. The number of amides is 1. The predicted octanol–water partition coefficient (Wildman–Crippen LogP) is 3.24. The number of carbonyl (C=O) groups excluding carboxylic acids is 1. The third-order valence-corrected chi connectivity index (χ3v) is 3.23. The maximum atomic E-state index is 12.3. The lowest BCUT2D eigenvalue weighted by Crippen LogP contribution is -2.22. The summed E-state index contributed by atoms with van der Waals surface area (Å²) in [5.41, 5.74) is 1.14. The minimum absolute atomic E-state index is 0.0596. The Balaban J connectivity index is 2.06. The van der Waals surface area contributed by atoms with Gasteiger partial charge >= 0.3 is 6.61 Å². The van der Waals surface area contributed by atoms with E-state index in [0.717, 1.165) is 5.56 Å². The SMILES string of the molecule is COc1cccc(CNC(=O)c2ccc(OC(F)F)c(OC)c2)c1. The van der Waals surface area contributed by atoms with E-state index in [1.165, 1.54) is 25.3 Å². The monoisotopic (exact) mass is 337 g/mol. The molecule has 0 aliphatic carbocycles. The van der Waals surface area contributed by atoms with Crippen LogP contribution < -0.4 is 19.5 Å². The summed E-state index contributed by atoms with van der Waals surface area (Å²) in [4.78, 5) is 12.2. The zero-order chi connectivity index (χ0) is 17.5. The van der Waals surface area contributed by atoms with Crippen molar-refractivity contribution >= 4 is 5.91 Å². The molecule has 2 rings (SSSR count). The largest absolute Gasteiger partial charge is 0.497 e. The zero-order valence-corrected chi connectivity index (χ0v) is 13.2. The van der Waals surface area contributed by atoms with Crippen LogP contribution >= 0.6 is 0 Å². The number of nitrogens with one attached hydrogen (secondary N) is 1. The van der Waals surface area contributed by atoms with Crippen LogP contribution in [0.3, 0.4) is 0 Å². The van der Waals surface area contributed by atoms with E-state index in [9.17, 15) is 13.6 Å². The van der Waals surface area contributed by atoms with Crippen LogP contribution in [0.5, 0.6) is 17.2 Å². The van der Waals surface area contributed by atoms with Crippen molar-refractivity contribution in [1.29, 1.82) is 0 Å². The predicted molar refractivity (Wildman–Crippen MR) is 83.8 cm³/mol. The third kappa shape index (κ3) is 4.58. The van der Waals surface area contributed by atoms with Gasteiger partial charge in [-0.05, 0) is 35.9 Å². The number of hydrogen-bond donors (Lipinski definition) is 1. The Morgan fingerprint density at radius 2 is 1.88 bits per heavy atom. The average molecular weight is 337 g/mol. The fraction of sp³-hybridized carbons (Fsp3) is 0.235. The Labute approximate surface area is 138 Å². The van der Waals surface area contributed by atoms with Crippen LogP contribution in [0, 0.1) is 0 Å². The van der Waals surface area contributed by atoms with Gasteiger partial charge in [-0.3, -0.25) is 4.79 Å². The van der Waals surface area contributed by atoms with Crippen LogP contribution in [0.25, 0.3) is 0 Å². The van der Waals surface area contributed by atoms with Crippen LogP contribution in [-0.2, 0) is 6.54 Å². The van der Waals surface area contributed by atoms with Gasteiger partial charge in [0.1, 0.15) is 5.75 Å². The standard InChI is InChI=1S/C17H17F2NO4/c1-22-13-5-3-4-11(8-13)10-20-16(21)12-6-7-14(24-17(18)19)15(9-12)23-2/h3-9,17H,10H2,1-2H3,(H,20,21). The van der Waals surface area contributed by atoms with E-state index in [-0.39, 0.29) is 23.0 Å². The number of hydrogen-bond acceptors (Lipinski definition) is 4. The first-order valence-corrected chi connectivity index (χ1v) is 7.07. The number of benzene rings is 2. The molecular weight excluding hydrogens is 320 g/mol. The van der Waals surface area contributed by atoms with Gasteiger partial charge in [0.2, 0.25) is 0 Å². The normalized spacial score (nSPS) is 10.4. The quantitative estimate of drug-likeness (QED) is 0.843. The summed E-state index contributed by atoms with van der Waals surface area (Å²) in [5.74, 6) is 0.262. The second-order valence-corrected chi connectivity index (χ2v) is 4.78. The fourth-order valence-corrected chi connectivity index (χ4v) is 2.07. The smallest absolute Gasteiger partial charge is 0.387 e. The Morgan fingerprint density at radius 1 is 1.08 bits per heavy atom. The minimum Gasteiger partial charge on any atom is -0.497 e. The van der Waals surface area contributed by atoms with Crippen LogP contribution in [0.1, 0.15) is 15.9 Å². The van der Waals surface area contributed by atoms with Crippen molar-refractivity contribution in [3.8, 4) is 17.2 Å². The second kappa shape index (κ2) is 8.14. The lowest BCUT2D eigenvalue weighted by atomic mass is 10.1. The summed E-state index contributed by atoms with van der Waals surface area (Å²) >= 11 is 0. The second-order valence-electron chi connectivity index (χ2n) is 4.78. The first kappa shape index (κ1) is 17.5. The van der Waals surface area contributed by atoms with Gasteiger partial charge in [0.25, 0.3) is 5.91 Å². The molecule has 0 aliphatic rings. The van der Waals surface area contributed by atoms with E-state index in [2.05, 4.69) is 10.1 Å². The lowest BCUT2D eigenvalue weighted by Gasteiger charge is -2.12. The molecule has 1 N–H and O–H groups in total. The average Bonchev–Trinajstić information content (AvgIpc) is 2.59. The first-order valence-electron chi connectivity index (χ1n) is 7.07. The highest BCUT2D eigenvalue weighted by molar-refractivity contribution is 5.94. The number of halogens is 2. The summed E-state index contributed by atoms with van der Waals surface area (Å²) in [6, 6.07) is 11.3. The number of carbonyl (C=O) groups is 1.